The van der Waals surface area contributed by atoms with Crippen LogP contribution in [-0.2, 0) is 0 Å². The molecule has 114 valence electrons. The van der Waals surface area contributed by atoms with Gasteiger partial charge in [0.15, 0.2) is 0 Å². The van der Waals surface area contributed by atoms with Crippen molar-refractivity contribution in [2.45, 2.75) is 13.3 Å². The number of amides is 1. The number of phenols is 2. The van der Waals surface area contributed by atoms with Gasteiger partial charge < -0.3 is 10.2 Å². The predicted octanol–water partition coefficient (Wildman–Crippen LogP) is 2.78. The summed E-state index contributed by atoms with van der Waals surface area (Å²) in [6.45, 7) is 1.76. The van der Waals surface area contributed by atoms with E-state index < -0.39 is 11.7 Å². The van der Waals surface area contributed by atoms with E-state index >= 15 is 0 Å². The number of aromatic hydroxyl groups is 2. The van der Waals surface area contributed by atoms with E-state index in [4.69, 9.17) is 0 Å². The molecule has 0 saturated heterocycles. The Labute approximate surface area is 126 Å². The normalized spacial score (nSPS) is 11.3. The van der Waals surface area contributed by atoms with Crippen molar-refractivity contribution in [1.82, 2.24) is 5.43 Å². The van der Waals surface area contributed by atoms with Gasteiger partial charge in [-0.1, -0.05) is 19.1 Å². The maximum Gasteiger partial charge on any atom is 0.275 e. The fourth-order valence-electron chi connectivity index (χ4n) is 1.91. The van der Waals surface area contributed by atoms with Crippen LogP contribution in [-0.4, -0.2) is 21.8 Å². The smallest absolute Gasteiger partial charge is 0.275 e. The first-order chi connectivity index (χ1) is 10.5. The molecule has 0 saturated carbocycles. The second kappa shape index (κ2) is 6.71. The summed E-state index contributed by atoms with van der Waals surface area (Å²) in [5.74, 6) is -1.40. The zero-order chi connectivity index (χ0) is 16.1. The molecule has 22 heavy (non-hydrogen) atoms. The highest BCUT2D eigenvalue weighted by Crippen LogP contribution is 2.20. The van der Waals surface area contributed by atoms with E-state index in [1.807, 2.05) is 0 Å². The van der Waals surface area contributed by atoms with Gasteiger partial charge in [0.05, 0.1) is 11.3 Å². The van der Waals surface area contributed by atoms with Gasteiger partial charge in [-0.3, -0.25) is 4.79 Å². The van der Waals surface area contributed by atoms with E-state index in [1.165, 1.54) is 18.2 Å². The number of para-hydroxylation sites is 1. The molecular formula is C16H15FN2O3. The van der Waals surface area contributed by atoms with Crippen LogP contribution < -0.4 is 5.43 Å². The Kier molecular flexibility index (Phi) is 4.73. The number of carbonyl (C=O) groups excluding carboxylic acids is 1. The molecule has 3 N–H and O–H groups in total. The van der Waals surface area contributed by atoms with Crippen molar-refractivity contribution in [1.29, 1.82) is 0 Å². The van der Waals surface area contributed by atoms with E-state index in [2.05, 4.69) is 10.5 Å². The molecular weight excluding hydrogens is 287 g/mol. The Morgan fingerprint density at radius 2 is 1.82 bits per heavy atom. The molecule has 0 heterocycles. The number of nitrogens with zero attached hydrogens (tertiary/aromatic N) is 1. The topological polar surface area (TPSA) is 81.9 Å². The van der Waals surface area contributed by atoms with E-state index in [0.717, 1.165) is 12.1 Å². The summed E-state index contributed by atoms with van der Waals surface area (Å²) in [6.07, 6.45) is 0.373. The van der Waals surface area contributed by atoms with Crippen LogP contribution in [0.25, 0.3) is 0 Å². The van der Waals surface area contributed by atoms with Crippen LogP contribution in [0.3, 0.4) is 0 Å². The molecule has 0 radical (unpaired) electrons. The Morgan fingerprint density at radius 1 is 1.14 bits per heavy atom. The van der Waals surface area contributed by atoms with Crippen LogP contribution >= 0.6 is 0 Å². The van der Waals surface area contributed by atoms with Gasteiger partial charge in [0.2, 0.25) is 0 Å². The minimum atomic E-state index is -0.597. The van der Waals surface area contributed by atoms with Gasteiger partial charge in [0.25, 0.3) is 5.91 Å². The third kappa shape index (κ3) is 3.41. The molecule has 2 aromatic carbocycles. The van der Waals surface area contributed by atoms with Crippen LogP contribution in [0.1, 0.15) is 29.3 Å². The average molecular weight is 302 g/mol. The van der Waals surface area contributed by atoms with Crippen molar-refractivity contribution < 1.29 is 19.4 Å². The largest absolute Gasteiger partial charge is 0.507 e. The fraction of sp³-hybridized carbons (Fsp3) is 0.125. The second-order valence-electron chi connectivity index (χ2n) is 4.53. The van der Waals surface area contributed by atoms with Gasteiger partial charge in [-0.05, 0) is 36.8 Å². The standard InChI is InChI=1S/C16H15FN2O3/c1-2-13(12-9-10(17)7-8-15(12)21)18-19-16(22)11-5-3-4-6-14(11)20/h3-9,20-21H,2H2,1H3,(H,19,22). The second-order valence-corrected chi connectivity index (χ2v) is 4.53. The van der Waals surface area contributed by atoms with Crippen molar-refractivity contribution in [3.05, 3.63) is 59.4 Å². The molecule has 1 amide bonds. The van der Waals surface area contributed by atoms with Crippen molar-refractivity contribution in [2.24, 2.45) is 5.10 Å². The molecule has 0 spiro atoms. The van der Waals surface area contributed by atoms with Gasteiger partial charge >= 0.3 is 0 Å². The first-order valence-corrected chi connectivity index (χ1v) is 6.66. The van der Waals surface area contributed by atoms with E-state index in [1.54, 1.807) is 19.1 Å². The highest BCUT2D eigenvalue weighted by Gasteiger charge is 2.12. The van der Waals surface area contributed by atoms with Crippen LogP contribution in [0.5, 0.6) is 11.5 Å². The van der Waals surface area contributed by atoms with Gasteiger partial charge in [0.1, 0.15) is 17.3 Å². The molecule has 0 aliphatic rings. The molecule has 2 aromatic rings. The number of hydrogen-bond acceptors (Lipinski definition) is 4. The molecule has 0 aliphatic heterocycles. The van der Waals surface area contributed by atoms with E-state index in [0.29, 0.717) is 12.1 Å². The van der Waals surface area contributed by atoms with Gasteiger partial charge in [0, 0.05) is 5.56 Å². The molecule has 0 aromatic heterocycles. The number of carbonyl (C=O) groups is 1. The van der Waals surface area contributed by atoms with Gasteiger partial charge in [-0.2, -0.15) is 5.10 Å². The summed E-state index contributed by atoms with van der Waals surface area (Å²) >= 11 is 0. The molecule has 2 rings (SSSR count). The average Bonchev–Trinajstić information content (AvgIpc) is 2.51. The summed E-state index contributed by atoms with van der Waals surface area (Å²) in [5, 5.41) is 23.3. The number of phenolic OH excluding ortho intramolecular Hbond substituents is 2. The number of benzene rings is 2. The molecule has 0 aliphatic carbocycles. The van der Waals surface area contributed by atoms with E-state index in [9.17, 15) is 19.4 Å². The van der Waals surface area contributed by atoms with Gasteiger partial charge in [-0.25, -0.2) is 9.82 Å². The zero-order valence-corrected chi connectivity index (χ0v) is 11.9. The fourth-order valence-corrected chi connectivity index (χ4v) is 1.91. The number of hydrogen-bond donors (Lipinski definition) is 3. The quantitative estimate of drug-likeness (QED) is 0.600. The van der Waals surface area contributed by atoms with Crippen LogP contribution in [0.4, 0.5) is 4.39 Å². The Balaban J connectivity index is 2.25. The maximum atomic E-state index is 13.3. The van der Waals surface area contributed by atoms with Crippen LogP contribution in [0.15, 0.2) is 47.6 Å². The summed E-state index contributed by atoms with van der Waals surface area (Å²) in [4.78, 5) is 12.0. The van der Waals surface area contributed by atoms with Crippen molar-refractivity contribution in [3.8, 4) is 11.5 Å². The molecule has 0 unspecified atom stereocenters. The Bertz CT molecular complexity index is 729. The summed E-state index contributed by atoms with van der Waals surface area (Å²) < 4.78 is 13.3. The number of nitrogens with one attached hydrogen (secondary N) is 1. The van der Waals surface area contributed by atoms with Crippen LogP contribution in [0, 0.1) is 5.82 Å². The third-order valence-corrected chi connectivity index (χ3v) is 3.05. The van der Waals surface area contributed by atoms with Gasteiger partial charge in [-0.15, -0.1) is 0 Å². The lowest BCUT2D eigenvalue weighted by Gasteiger charge is -2.08. The van der Waals surface area contributed by atoms with Crippen molar-refractivity contribution >= 4 is 11.6 Å². The maximum absolute atomic E-state index is 13.3. The molecule has 6 heteroatoms. The highest BCUT2D eigenvalue weighted by molar-refractivity contribution is 6.04. The summed E-state index contributed by atoms with van der Waals surface area (Å²) in [5.41, 5.74) is 2.89. The lowest BCUT2D eigenvalue weighted by atomic mass is 10.1. The lowest BCUT2D eigenvalue weighted by molar-refractivity contribution is 0.0952. The molecule has 0 atom stereocenters. The molecule has 0 bridgehead atoms. The number of halogens is 1. The monoisotopic (exact) mass is 302 g/mol. The summed E-state index contributed by atoms with van der Waals surface area (Å²) in [6, 6.07) is 9.54. The first kappa shape index (κ1) is 15.5. The van der Waals surface area contributed by atoms with Crippen molar-refractivity contribution in [3.63, 3.8) is 0 Å². The third-order valence-electron chi connectivity index (χ3n) is 3.05. The van der Waals surface area contributed by atoms with Crippen molar-refractivity contribution in [2.75, 3.05) is 0 Å². The summed E-state index contributed by atoms with van der Waals surface area (Å²) in [7, 11) is 0. The Hall–Kier alpha value is -2.89. The molecule has 5 nitrogen and oxygen atoms in total. The first-order valence-electron chi connectivity index (χ1n) is 6.66. The SMILES string of the molecule is CCC(=NNC(=O)c1ccccc1O)c1cc(F)ccc1O. The predicted molar refractivity (Wildman–Crippen MR) is 80.5 cm³/mol. The minimum absolute atomic E-state index is 0.0742. The van der Waals surface area contributed by atoms with E-state index in [-0.39, 0.29) is 22.6 Å². The number of rotatable bonds is 4. The lowest BCUT2D eigenvalue weighted by Crippen LogP contribution is -2.20. The Morgan fingerprint density at radius 3 is 2.50 bits per heavy atom. The molecule has 0 fully saturated rings. The highest BCUT2D eigenvalue weighted by atomic mass is 19.1. The van der Waals surface area contributed by atoms with Crippen LogP contribution in [0.2, 0.25) is 0 Å². The number of hydrazone groups is 1. The zero-order valence-electron chi connectivity index (χ0n) is 11.9. The minimum Gasteiger partial charge on any atom is -0.507 e.